The number of carbonyl (C=O) groups excluding carboxylic acids is 2. The van der Waals surface area contributed by atoms with Crippen molar-refractivity contribution in [2.45, 2.75) is 19.5 Å². The van der Waals surface area contributed by atoms with Crippen LogP contribution in [0, 0.1) is 0 Å². The van der Waals surface area contributed by atoms with Crippen LogP contribution in [0.15, 0.2) is 48.5 Å². The molecule has 25 heavy (non-hydrogen) atoms. The number of anilines is 1. The number of alkyl halides is 3. The van der Waals surface area contributed by atoms with Gasteiger partial charge < -0.3 is 10.1 Å². The van der Waals surface area contributed by atoms with E-state index in [2.05, 4.69) is 5.32 Å². The Labute approximate surface area is 142 Å². The fraction of sp³-hybridized carbons (Fsp3) is 0.222. The lowest BCUT2D eigenvalue weighted by atomic mass is 10.1. The molecule has 2 rings (SSSR count). The van der Waals surface area contributed by atoms with Gasteiger partial charge in [0.2, 0.25) is 0 Å². The first kappa shape index (κ1) is 18.5. The number of benzene rings is 2. The lowest BCUT2D eigenvalue weighted by Gasteiger charge is -2.10. The van der Waals surface area contributed by atoms with Crippen LogP contribution in [0.25, 0.3) is 0 Å². The average molecular weight is 351 g/mol. The fourth-order valence-electron chi connectivity index (χ4n) is 2.15. The molecule has 0 fully saturated rings. The predicted octanol–water partition coefficient (Wildman–Crippen LogP) is 4.06. The zero-order valence-corrected chi connectivity index (χ0v) is 13.4. The minimum atomic E-state index is -4.48. The molecular formula is C18H16F3NO3. The van der Waals surface area contributed by atoms with Gasteiger partial charge in [0.25, 0.3) is 5.91 Å². The summed E-state index contributed by atoms with van der Waals surface area (Å²) in [7, 11) is 0. The maximum atomic E-state index is 12.5. The van der Waals surface area contributed by atoms with Gasteiger partial charge in [0, 0.05) is 5.69 Å². The van der Waals surface area contributed by atoms with Crippen LogP contribution in [-0.2, 0) is 22.1 Å². The lowest BCUT2D eigenvalue weighted by Crippen LogP contribution is -2.21. The summed E-state index contributed by atoms with van der Waals surface area (Å²) in [4.78, 5) is 23.7. The SMILES string of the molecule is CCc1ccccc1NC(=O)COC(=O)c1ccc(C(F)(F)F)cc1. The topological polar surface area (TPSA) is 55.4 Å². The molecule has 0 radical (unpaired) electrons. The number of para-hydroxylation sites is 1. The number of rotatable bonds is 5. The highest BCUT2D eigenvalue weighted by Gasteiger charge is 2.30. The van der Waals surface area contributed by atoms with E-state index in [-0.39, 0.29) is 5.56 Å². The van der Waals surface area contributed by atoms with Crippen molar-refractivity contribution < 1.29 is 27.5 Å². The molecule has 0 aliphatic heterocycles. The van der Waals surface area contributed by atoms with Crippen LogP contribution < -0.4 is 5.32 Å². The van der Waals surface area contributed by atoms with Gasteiger partial charge in [-0.15, -0.1) is 0 Å². The molecule has 0 aromatic heterocycles. The van der Waals surface area contributed by atoms with Crippen LogP contribution >= 0.6 is 0 Å². The largest absolute Gasteiger partial charge is 0.452 e. The summed E-state index contributed by atoms with van der Waals surface area (Å²) < 4.78 is 42.3. The summed E-state index contributed by atoms with van der Waals surface area (Å²) >= 11 is 0. The zero-order chi connectivity index (χ0) is 18.4. The van der Waals surface area contributed by atoms with Crippen molar-refractivity contribution in [2.24, 2.45) is 0 Å². The standard InChI is InChI=1S/C18H16F3NO3/c1-2-12-5-3-4-6-15(12)22-16(23)11-25-17(24)13-7-9-14(10-8-13)18(19,20)21/h3-10H,2,11H2,1H3,(H,22,23). The molecule has 2 aromatic carbocycles. The lowest BCUT2D eigenvalue weighted by molar-refractivity contribution is -0.137. The molecule has 0 saturated carbocycles. The van der Waals surface area contributed by atoms with Crippen LogP contribution in [0.1, 0.15) is 28.4 Å². The Morgan fingerprint density at radius 3 is 2.28 bits per heavy atom. The van der Waals surface area contributed by atoms with Crippen LogP contribution in [0.3, 0.4) is 0 Å². The highest BCUT2D eigenvalue weighted by molar-refractivity contribution is 5.95. The van der Waals surface area contributed by atoms with Crippen LogP contribution in [0.4, 0.5) is 18.9 Å². The van der Waals surface area contributed by atoms with Gasteiger partial charge in [-0.2, -0.15) is 13.2 Å². The summed E-state index contributed by atoms with van der Waals surface area (Å²) in [6.07, 6.45) is -3.75. The third-order valence-electron chi connectivity index (χ3n) is 3.45. The van der Waals surface area contributed by atoms with Crippen molar-refractivity contribution in [3.05, 3.63) is 65.2 Å². The van der Waals surface area contributed by atoms with Crippen LogP contribution in [0.2, 0.25) is 0 Å². The Bertz CT molecular complexity index is 755. The van der Waals surface area contributed by atoms with E-state index in [0.29, 0.717) is 5.69 Å². The first-order valence-electron chi connectivity index (χ1n) is 7.53. The van der Waals surface area contributed by atoms with E-state index in [1.165, 1.54) is 0 Å². The van der Waals surface area contributed by atoms with Crippen molar-refractivity contribution >= 4 is 17.6 Å². The number of hydrogen-bond donors (Lipinski definition) is 1. The Balaban J connectivity index is 1.92. The number of ether oxygens (including phenoxy) is 1. The summed E-state index contributed by atoms with van der Waals surface area (Å²) in [5.41, 5.74) is 0.637. The van der Waals surface area contributed by atoms with Gasteiger partial charge in [-0.1, -0.05) is 25.1 Å². The van der Waals surface area contributed by atoms with Gasteiger partial charge >= 0.3 is 12.1 Å². The smallest absolute Gasteiger partial charge is 0.416 e. The predicted molar refractivity (Wildman–Crippen MR) is 86.2 cm³/mol. The van der Waals surface area contributed by atoms with Gasteiger partial charge in [0.05, 0.1) is 11.1 Å². The molecule has 1 N–H and O–H groups in total. The van der Waals surface area contributed by atoms with Gasteiger partial charge in [-0.05, 0) is 42.3 Å². The van der Waals surface area contributed by atoms with Crippen molar-refractivity contribution in [1.29, 1.82) is 0 Å². The molecule has 1 amide bonds. The second-order valence-electron chi connectivity index (χ2n) is 5.21. The number of hydrogen-bond acceptors (Lipinski definition) is 3. The second-order valence-corrected chi connectivity index (χ2v) is 5.21. The van der Waals surface area contributed by atoms with Gasteiger partial charge in [0.1, 0.15) is 0 Å². The molecule has 0 spiro atoms. The van der Waals surface area contributed by atoms with Crippen molar-refractivity contribution in [1.82, 2.24) is 0 Å². The molecule has 0 aliphatic rings. The molecule has 2 aromatic rings. The van der Waals surface area contributed by atoms with E-state index >= 15 is 0 Å². The highest BCUT2D eigenvalue weighted by Crippen LogP contribution is 2.29. The number of halogens is 3. The van der Waals surface area contributed by atoms with Crippen molar-refractivity contribution in [3.63, 3.8) is 0 Å². The molecule has 0 saturated heterocycles. The summed E-state index contributed by atoms with van der Waals surface area (Å²) in [5.74, 6) is -1.39. The average Bonchev–Trinajstić information content (AvgIpc) is 2.59. The minimum absolute atomic E-state index is 0.0604. The molecule has 0 unspecified atom stereocenters. The van der Waals surface area contributed by atoms with Gasteiger partial charge in [0.15, 0.2) is 6.61 Å². The summed E-state index contributed by atoms with van der Waals surface area (Å²) in [6.45, 7) is 1.41. The highest BCUT2D eigenvalue weighted by atomic mass is 19.4. The maximum absolute atomic E-state index is 12.5. The number of aryl methyl sites for hydroxylation is 1. The quantitative estimate of drug-likeness (QED) is 0.827. The van der Waals surface area contributed by atoms with E-state index in [9.17, 15) is 22.8 Å². The molecule has 0 heterocycles. The number of amides is 1. The molecule has 4 nitrogen and oxygen atoms in total. The fourth-order valence-corrected chi connectivity index (χ4v) is 2.15. The first-order chi connectivity index (χ1) is 11.8. The van der Waals surface area contributed by atoms with Crippen LogP contribution in [0.5, 0.6) is 0 Å². The summed E-state index contributed by atoms with van der Waals surface area (Å²) in [6, 6.07) is 10.8. The van der Waals surface area contributed by atoms with Crippen molar-refractivity contribution in [2.75, 3.05) is 11.9 Å². The van der Waals surface area contributed by atoms with Crippen molar-refractivity contribution in [3.8, 4) is 0 Å². The van der Waals surface area contributed by atoms with Gasteiger partial charge in [-0.3, -0.25) is 4.79 Å². The Kier molecular flexibility index (Phi) is 5.80. The van der Waals surface area contributed by atoms with E-state index in [4.69, 9.17) is 4.74 Å². The monoisotopic (exact) mass is 351 g/mol. The second kappa shape index (κ2) is 7.83. The number of carbonyl (C=O) groups is 2. The number of esters is 1. The Morgan fingerprint density at radius 2 is 1.68 bits per heavy atom. The third kappa shape index (κ3) is 5.07. The number of nitrogens with one attached hydrogen (secondary N) is 1. The molecule has 0 aliphatic carbocycles. The normalized spacial score (nSPS) is 11.0. The summed E-state index contributed by atoms with van der Waals surface area (Å²) in [5, 5.41) is 2.63. The zero-order valence-electron chi connectivity index (χ0n) is 13.4. The molecule has 0 atom stereocenters. The van der Waals surface area contributed by atoms with E-state index < -0.39 is 30.2 Å². The first-order valence-corrected chi connectivity index (χ1v) is 7.53. The van der Waals surface area contributed by atoms with E-state index in [1.54, 1.807) is 12.1 Å². The molecular weight excluding hydrogens is 335 g/mol. The Hall–Kier alpha value is -2.83. The van der Waals surface area contributed by atoms with Gasteiger partial charge in [-0.25, -0.2) is 4.79 Å². The molecule has 7 heteroatoms. The minimum Gasteiger partial charge on any atom is -0.452 e. The molecule has 0 bridgehead atoms. The third-order valence-corrected chi connectivity index (χ3v) is 3.45. The van der Waals surface area contributed by atoms with Crippen LogP contribution in [-0.4, -0.2) is 18.5 Å². The molecule has 132 valence electrons. The maximum Gasteiger partial charge on any atom is 0.416 e. The van der Waals surface area contributed by atoms with E-state index in [1.807, 2.05) is 19.1 Å². The Morgan fingerprint density at radius 1 is 1.04 bits per heavy atom. The van der Waals surface area contributed by atoms with E-state index in [0.717, 1.165) is 36.2 Å².